The molecule has 1 aromatic heterocycles. The highest BCUT2D eigenvalue weighted by atomic mass is 127. The smallest absolute Gasteiger partial charge is 0.191 e. The van der Waals surface area contributed by atoms with Crippen molar-refractivity contribution in [2.45, 2.75) is 45.4 Å². The number of nitrogens with one attached hydrogen (secondary N) is 3. The Bertz CT molecular complexity index is 706. The van der Waals surface area contributed by atoms with Gasteiger partial charge in [0.15, 0.2) is 5.96 Å². The predicted molar refractivity (Wildman–Crippen MR) is 127 cm³/mol. The average molecular weight is 499 g/mol. The molecule has 0 unspecified atom stereocenters. The van der Waals surface area contributed by atoms with Crippen LogP contribution in [0.5, 0.6) is 0 Å². The maximum Gasteiger partial charge on any atom is 0.191 e. The highest BCUT2D eigenvalue weighted by Crippen LogP contribution is 2.41. The van der Waals surface area contributed by atoms with Gasteiger partial charge in [0.25, 0.3) is 0 Å². The quantitative estimate of drug-likeness (QED) is 0.278. The summed E-state index contributed by atoms with van der Waals surface area (Å²) < 4.78 is 5.33. The maximum absolute atomic E-state index is 5.33. The van der Waals surface area contributed by atoms with Gasteiger partial charge < -0.3 is 20.4 Å². The van der Waals surface area contributed by atoms with Crippen LogP contribution < -0.4 is 10.6 Å². The normalized spacial score (nSPS) is 16.1. The van der Waals surface area contributed by atoms with Crippen LogP contribution in [0.3, 0.4) is 0 Å². The van der Waals surface area contributed by atoms with Gasteiger partial charge in [-0.1, -0.05) is 25.0 Å². The number of benzene rings is 1. The number of para-hydroxylation sites is 2. The fraction of sp³-hybridized carbons (Fsp3) is 0.619. The van der Waals surface area contributed by atoms with E-state index >= 15 is 0 Å². The Hall–Kier alpha value is -1.35. The van der Waals surface area contributed by atoms with Gasteiger partial charge in [-0.15, -0.1) is 24.0 Å². The fourth-order valence-corrected chi connectivity index (χ4v) is 3.94. The fourth-order valence-electron chi connectivity index (χ4n) is 3.94. The van der Waals surface area contributed by atoms with Crippen molar-refractivity contribution in [2.75, 3.05) is 33.4 Å². The zero-order chi connectivity index (χ0) is 19.0. The molecule has 0 bridgehead atoms. The third-order valence-electron chi connectivity index (χ3n) is 5.51. The molecular weight excluding hydrogens is 465 g/mol. The SMILES string of the molecule is CCNC(=NCC1(CCOC)CCCC1)NCCc1nc2ccccc2[nH]1.I. The van der Waals surface area contributed by atoms with Crippen molar-refractivity contribution in [2.24, 2.45) is 10.4 Å². The van der Waals surface area contributed by atoms with Crippen LogP contribution in [0.25, 0.3) is 11.0 Å². The van der Waals surface area contributed by atoms with Gasteiger partial charge in [-0.3, -0.25) is 4.99 Å². The van der Waals surface area contributed by atoms with Gasteiger partial charge in [0.2, 0.25) is 0 Å². The Labute approximate surface area is 185 Å². The number of aromatic nitrogens is 2. The Morgan fingerprint density at radius 1 is 1.25 bits per heavy atom. The lowest BCUT2D eigenvalue weighted by Crippen LogP contribution is -2.39. The van der Waals surface area contributed by atoms with Gasteiger partial charge in [0.05, 0.1) is 11.0 Å². The summed E-state index contributed by atoms with van der Waals surface area (Å²) in [6, 6.07) is 8.14. The molecule has 28 heavy (non-hydrogen) atoms. The summed E-state index contributed by atoms with van der Waals surface area (Å²) in [4.78, 5) is 12.9. The van der Waals surface area contributed by atoms with Gasteiger partial charge >= 0.3 is 0 Å². The second-order valence-electron chi connectivity index (χ2n) is 7.52. The topological polar surface area (TPSA) is 74.3 Å². The van der Waals surface area contributed by atoms with Crippen LogP contribution in [0.15, 0.2) is 29.3 Å². The number of hydrogen-bond acceptors (Lipinski definition) is 3. The third-order valence-corrected chi connectivity index (χ3v) is 5.51. The molecule has 0 saturated heterocycles. The van der Waals surface area contributed by atoms with Gasteiger partial charge in [0, 0.05) is 39.8 Å². The summed E-state index contributed by atoms with van der Waals surface area (Å²) in [5.74, 6) is 1.91. The largest absolute Gasteiger partial charge is 0.385 e. The van der Waals surface area contributed by atoms with E-state index < -0.39 is 0 Å². The van der Waals surface area contributed by atoms with E-state index in [2.05, 4.69) is 33.6 Å². The maximum atomic E-state index is 5.33. The third kappa shape index (κ3) is 6.34. The number of guanidine groups is 1. The highest BCUT2D eigenvalue weighted by Gasteiger charge is 2.33. The summed E-state index contributed by atoms with van der Waals surface area (Å²) in [7, 11) is 1.79. The predicted octanol–water partition coefficient (Wildman–Crippen LogP) is 3.88. The Balaban J connectivity index is 0.00000280. The van der Waals surface area contributed by atoms with E-state index in [4.69, 9.17) is 9.73 Å². The molecule has 7 heteroatoms. The van der Waals surface area contributed by atoms with Gasteiger partial charge in [-0.05, 0) is 43.7 Å². The lowest BCUT2D eigenvalue weighted by atomic mass is 9.83. The molecule has 1 aliphatic rings. The molecule has 1 saturated carbocycles. The van der Waals surface area contributed by atoms with Crippen molar-refractivity contribution in [1.29, 1.82) is 0 Å². The van der Waals surface area contributed by atoms with Crippen molar-refractivity contribution < 1.29 is 4.74 Å². The molecule has 1 fully saturated rings. The summed E-state index contributed by atoms with van der Waals surface area (Å²) in [5, 5.41) is 6.83. The molecule has 6 nitrogen and oxygen atoms in total. The first-order valence-electron chi connectivity index (χ1n) is 10.2. The van der Waals surface area contributed by atoms with Crippen molar-refractivity contribution in [3.63, 3.8) is 0 Å². The monoisotopic (exact) mass is 499 g/mol. The second kappa shape index (κ2) is 11.6. The molecule has 156 valence electrons. The van der Waals surface area contributed by atoms with E-state index in [1.807, 2.05) is 18.2 Å². The molecule has 2 aromatic rings. The highest BCUT2D eigenvalue weighted by molar-refractivity contribution is 14.0. The number of fused-ring (bicyclic) bond motifs is 1. The van der Waals surface area contributed by atoms with Crippen LogP contribution in [0.1, 0.15) is 44.9 Å². The van der Waals surface area contributed by atoms with Crippen molar-refractivity contribution in [3.8, 4) is 0 Å². The Morgan fingerprint density at radius 2 is 2.04 bits per heavy atom. The lowest BCUT2D eigenvalue weighted by Gasteiger charge is -2.27. The molecular formula is C21H34IN5O. The minimum atomic E-state index is 0. The Kier molecular flexibility index (Phi) is 9.50. The molecule has 0 amide bonds. The second-order valence-corrected chi connectivity index (χ2v) is 7.52. The number of H-pyrrole nitrogens is 1. The summed E-state index contributed by atoms with van der Waals surface area (Å²) in [6.07, 6.45) is 7.10. The Morgan fingerprint density at radius 3 is 2.75 bits per heavy atom. The van der Waals surface area contributed by atoms with Crippen LogP contribution in [0.4, 0.5) is 0 Å². The first-order valence-corrected chi connectivity index (χ1v) is 10.2. The van der Waals surface area contributed by atoms with Crippen LogP contribution in [0, 0.1) is 5.41 Å². The minimum absolute atomic E-state index is 0. The van der Waals surface area contributed by atoms with Crippen LogP contribution in [0.2, 0.25) is 0 Å². The number of hydrogen-bond donors (Lipinski definition) is 3. The van der Waals surface area contributed by atoms with Gasteiger partial charge in [-0.2, -0.15) is 0 Å². The number of aliphatic imine (C=N–C) groups is 1. The van der Waals surface area contributed by atoms with Gasteiger partial charge in [-0.25, -0.2) is 4.98 Å². The zero-order valence-electron chi connectivity index (χ0n) is 17.1. The molecule has 0 radical (unpaired) electrons. The average Bonchev–Trinajstić information content (AvgIpc) is 3.31. The number of imidazole rings is 1. The summed E-state index contributed by atoms with van der Waals surface area (Å²) in [5.41, 5.74) is 2.43. The van der Waals surface area contributed by atoms with Crippen LogP contribution >= 0.6 is 24.0 Å². The van der Waals surface area contributed by atoms with Crippen molar-refractivity contribution >= 4 is 41.0 Å². The van der Waals surface area contributed by atoms with E-state index in [1.54, 1.807) is 7.11 Å². The molecule has 0 aliphatic heterocycles. The lowest BCUT2D eigenvalue weighted by molar-refractivity contribution is 0.141. The van der Waals surface area contributed by atoms with Gasteiger partial charge in [0.1, 0.15) is 5.82 Å². The number of aromatic amines is 1. The number of rotatable bonds is 9. The number of nitrogens with zero attached hydrogens (tertiary/aromatic N) is 2. The summed E-state index contributed by atoms with van der Waals surface area (Å²) in [6.45, 7) is 5.47. The van der Waals surface area contributed by atoms with E-state index in [-0.39, 0.29) is 24.0 Å². The number of methoxy groups -OCH3 is 1. The van der Waals surface area contributed by atoms with Crippen LogP contribution in [-0.2, 0) is 11.2 Å². The van der Waals surface area contributed by atoms with E-state index in [0.29, 0.717) is 5.41 Å². The molecule has 3 N–H and O–H groups in total. The zero-order valence-corrected chi connectivity index (χ0v) is 19.4. The molecule has 0 spiro atoms. The standard InChI is InChI=1S/C21H33N5O.HI/c1-3-22-20(24-16-21(13-15-27-2)11-6-7-12-21)23-14-10-19-25-17-8-4-5-9-18(17)26-19;/h4-5,8-9H,3,6-7,10-16H2,1-2H3,(H,25,26)(H2,22,23,24);1H. The van der Waals surface area contributed by atoms with Crippen molar-refractivity contribution in [1.82, 2.24) is 20.6 Å². The van der Waals surface area contributed by atoms with Crippen molar-refractivity contribution in [3.05, 3.63) is 30.1 Å². The molecule has 1 aliphatic carbocycles. The van der Waals surface area contributed by atoms with E-state index in [1.165, 1.54) is 25.7 Å². The summed E-state index contributed by atoms with van der Waals surface area (Å²) >= 11 is 0. The molecule has 0 atom stereocenters. The molecule has 3 rings (SSSR count). The van der Waals surface area contributed by atoms with E-state index in [9.17, 15) is 0 Å². The van der Waals surface area contributed by atoms with Crippen LogP contribution in [-0.4, -0.2) is 49.3 Å². The number of ether oxygens (including phenoxy) is 1. The first kappa shape index (κ1) is 22.9. The van der Waals surface area contributed by atoms with E-state index in [0.717, 1.165) is 61.9 Å². The minimum Gasteiger partial charge on any atom is -0.385 e. The molecule has 1 heterocycles. The first-order chi connectivity index (χ1) is 13.2. The number of halogens is 1. The molecule has 1 aromatic carbocycles.